The van der Waals surface area contributed by atoms with Crippen LogP contribution in [0.15, 0.2) is 30.3 Å². The monoisotopic (exact) mass is 296 g/mol. The number of carbonyl (C=O) groups excluding carboxylic acids is 1. The number of benzene rings is 1. The van der Waals surface area contributed by atoms with Gasteiger partial charge in [-0.1, -0.05) is 30.3 Å². The molecule has 0 radical (unpaired) electrons. The summed E-state index contributed by atoms with van der Waals surface area (Å²) in [6.45, 7) is 1.67. The largest absolute Gasteiger partial charge is 0.342 e. The zero-order chi connectivity index (χ0) is 14.9. The number of hydrogen-bond acceptors (Lipinski definition) is 3. The molecule has 1 aromatic carbocycles. The lowest BCUT2D eigenvalue weighted by Crippen LogP contribution is -2.40. The van der Waals surface area contributed by atoms with Gasteiger partial charge < -0.3 is 4.90 Å². The molecule has 1 N–H and O–H groups in total. The highest BCUT2D eigenvalue weighted by molar-refractivity contribution is 5.81. The Morgan fingerprint density at radius 3 is 2.77 bits per heavy atom. The van der Waals surface area contributed by atoms with Crippen LogP contribution in [0.3, 0.4) is 0 Å². The quantitative estimate of drug-likeness (QED) is 0.947. The first-order valence-electron chi connectivity index (χ1n) is 8.08. The van der Waals surface area contributed by atoms with Crippen LogP contribution in [0, 0.1) is 5.92 Å². The van der Waals surface area contributed by atoms with Crippen molar-refractivity contribution in [2.45, 2.75) is 31.6 Å². The van der Waals surface area contributed by atoms with Gasteiger partial charge in [0.25, 0.3) is 0 Å². The van der Waals surface area contributed by atoms with Crippen LogP contribution in [0.1, 0.15) is 37.4 Å². The Bertz CT molecular complexity index is 662. The average molecular weight is 296 g/mol. The lowest BCUT2D eigenvalue weighted by molar-refractivity contribution is -0.133. The van der Waals surface area contributed by atoms with Crippen molar-refractivity contribution in [1.29, 1.82) is 0 Å². The van der Waals surface area contributed by atoms with Crippen LogP contribution < -0.4 is 0 Å². The lowest BCUT2D eigenvalue weighted by atomic mass is 9.97. The van der Waals surface area contributed by atoms with Gasteiger partial charge in [0.2, 0.25) is 5.91 Å². The molecule has 1 atom stereocenters. The molecular weight excluding hydrogens is 276 g/mol. The van der Waals surface area contributed by atoms with Gasteiger partial charge in [0.15, 0.2) is 5.82 Å². The predicted molar refractivity (Wildman–Crippen MR) is 83.1 cm³/mol. The predicted octanol–water partition coefficient (Wildman–Crippen LogP) is 2.59. The maximum Gasteiger partial charge on any atom is 0.225 e. The van der Waals surface area contributed by atoms with Crippen LogP contribution in [0.4, 0.5) is 0 Å². The Kier molecular flexibility index (Phi) is 3.41. The third-order valence-electron chi connectivity index (χ3n) is 4.58. The number of likely N-dealkylation sites (tertiary alicyclic amines) is 1. The van der Waals surface area contributed by atoms with Crippen LogP contribution in [-0.4, -0.2) is 39.1 Å². The third kappa shape index (κ3) is 2.63. The molecule has 1 aromatic heterocycles. The van der Waals surface area contributed by atoms with Crippen molar-refractivity contribution >= 4 is 5.91 Å². The minimum atomic E-state index is 0.279. The van der Waals surface area contributed by atoms with Gasteiger partial charge in [0, 0.05) is 30.5 Å². The van der Waals surface area contributed by atoms with Crippen molar-refractivity contribution in [2.75, 3.05) is 13.1 Å². The smallest absolute Gasteiger partial charge is 0.225 e. The van der Waals surface area contributed by atoms with Crippen molar-refractivity contribution in [3.63, 3.8) is 0 Å². The Morgan fingerprint density at radius 2 is 2.00 bits per heavy atom. The van der Waals surface area contributed by atoms with Crippen LogP contribution in [-0.2, 0) is 4.79 Å². The van der Waals surface area contributed by atoms with E-state index in [4.69, 9.17) is 0 Å². The molecule has 1 saturated heterocycles. The second-order valence-electron chi connectivity index (χ2n) is 6.31. The van der Waals surface area contributed by atoms with E-state index in [1.54, 1.807) is 0 Å². The first-order valence-corrected chi connectivity index (χ1v) is 8.08. The Morgan fingerprint density at radius 1 is 1.18 bits per heavy atom. The van der Waals surface area contributed by atoms with Crippen LogP contribution in [0.5, 0.6) is 0 Å². The molecule has 2 heterocycles. The number of aromatic amines is 1. The number of rotatable bonds is 3. The zero-order valence-electron chi connectivity index (χ0n) is 12.5. The third-order valence-corrected chi connectivity index (χ3v) is 4.58. The Labute approximate surface area is 129 Å². The summed E-state index contributed by atoms with van der Waals surface area (Å²) < 4.78 is 0. The molecule has 0 bridgehead atoms. The Balaban J connectivity index is 1.49. The number of nitrogens with zero attached hydrogens (tertiary/aromatic N) is 3. The molecule has 5 heteroatoms. The summed E-state index contributed by atoms with van der Waals surface area (Å²) in [4.78, 5) is 18.9. The van der Waals surface area contributed by atoms with Gasteiger partial charge in [-0.3, -0.25) is 9.89 Å². The maximum absolute atomic E-state index is 12.2. The molecule has 4 rings (SSSR count). The molecule has 22 heavy (non-hydrogen) atoms. The van der Waals surface area contributed by atoms with E-state index in [-0.39, 0.29) is 5.92 Å². The van der Waals surface area contributed by atoms with Crippen molar-refractivity contribution in [2.24, 2.45) is 5.92 Å². The minimum absolute atomic E-state index is 0.279. The van der Waals surface area contributed by atoms with Gasteiger partial charge in [-0.25, -0.2) is 4.98 Å². The lowest BCUT2D eigenvalue weighted by Gasteiger charge is -2.31. The zero-order valence-corrected chi connectivity index (χ0v) is 12.5. The molecule has 5 nitrogen and oxygen atoms in total. The number of aromatic nitrogens is 3. The van der Waals surface area contributed by atoms with Crippen LogP contribution >= 0.6 is 0 Å². The van der Waals surface area contributed by atoms with E-state index < -0.39 is 0 Å². The first kappa shape index (κ1) is 13.5. The molecule has 2 aliphatic rings. The van der Waals surface area contributed by atoms with Crippen molar-refractivity contribution in [1.82, 2.24) is 20.1 Å². The normalized spacial score (nSPS) is 21.8. The minimum Gasteiger partial charge on any atom is -0.342 e. The molecule has 2 fully saturated rings. The van der Waals surface area contributed by atoms with Gasteiger partial charge in [-0.15, -0.1) is 0 Å². The molecule has 1 aliphatic heterocycles. The topological polar surface area (TPSA) is 61.9 Å². The standard InChI is InChI=1S/C17H20N4O/c22-17(13-8-9-13)21-10-4-7-14(11-21)16-18-15(19-20-16)12-5-2-1-3-6-12/h1-3,5-6,13-14H,4,7-11H2,(H,18,19,20)/t14-/m1/s1. The van der Waals surface area contributed by atoms with Crippen LogP contribution in [0.25, 0.3) is 11.4 Å². The number of nitrogens with one attached hydrogen (secondary N) is 1. The highest BCUT2D eigenvalue weighted by Gasteiger charge is 2.36. The van der Waals surface area contributed by atoms with E-state index >= 15 is 0 Å². The fourth-order valence-corrected chi connectivity index (χ4v) is 3.16. The number of carbonyl (C=O) groups is 1. The summed E-state index contributed by atoms with van der Waals surface area (Å²) in [5.41, 5.74) is 1.02. The maximum atomic E-state index is 12.2. The Hall–Kier alpha value is -2.17. The van der Waals surface area contributed by atoms with Gasteiger partial charge in [-0.2, -0.15) is 5.10 Å². The summed E-state index contributed by atoms with van der Waals surface area (Å²) in [7, 11) is 0. The second kappa shape index (κ2) is 5.55. The SMILES string of the molecule is O=C(C1CC1)N1CCC[C@@H](c2nc(-c3ccccc3)n[nH]2)C1. The number of piperidine rings is 1. The first-order chi connectivity index (χ1) is 10.8. The summed E-state index contributed by atoms with van der Waals surface area (Å²) in [5, 5.41) is 7.42. The van der Waals surface area contributed by atoms with E-state index in [0.29, 0.717) is 11.8 Å². The summed E-state index contributed by atoms with van der Waals surface area (Å²) in [6, 6.07) is 9.98. The average Bonchev–Trinajstić information content (AvgIpc) is 3.31. The number of amides is 1. The van der Waals surface area contributed by atoms with E-state index in [2.05, 4.69) is 15.2 Å². The molecule has 0 spiro atoms. The summed E-state index contributed by atoms with van der Waals surface area (Å²) >= 11 is 0. The van der Waals surface area contributed by atoms with Crippen LogP contribution in [0.2, 0.25) is 0 Å². The number of H-pyrrole nitrogens is 1. The van der Waals surface area contributed by atoms with E-state index in [9.17, 15) is 4.79 Å². The van der Waals surface area contributed by atoms with Gasteiger partial charge in [0.1, 0.15) is 5.82 Å². The van der Waals surface area contributed by atoms with Crippen molar-refractivity contribution < 1.29 is 4.79 Å². The summed E-state index contributed by atoms with van der Waals surface area (Å²) in [5.74, 6) is 2.57. The van der Waals surface area contributed by atoms with Crippen molar-refractivity contribution in [3.05, 3.63) is 36.2 Å². The fraction of sp³-hybridized carbons (Fsp3) is 0.471. The van der Waals surface area contributed by atoms with E-state index in [1.165, 1.54) is 0 Å². The molecule has 0 unspecified atom stereocenters. The van der Waals surface area contributed by atoms with Crippen molar-refractivity contribution in [3.8, 4) is 11.4 Å². The fourth-order valence-electron chi connectivity index (χ4n) is 3.16. The molecule has 114 valence electrons. The highest BCUT2D eigenvalue weighted by atomic mass is 16.2. The molecular formula is C17H20N4O. The van der Waals surface area contributed by atoms with Gasteiger partial charge in [-0.05, 0) is 25.7 Å². The summed E-state index contributed by atoms with van der Waals surface area (Å²) in [6.07, 6.45) is 4.25. The molecule has 2 aromatic rings. The molecule has 1 amide bonds. The number of hydrogen-bond donors (Lipinski definition) is 1. The second-order valence-corrected chi connectivity index (χ2v) is 6.31. The van der Waals surface area contributed by atoms with Gasteiger partial charge >= 0.3 is 0 Å². The van der Waals surface area contributed by atoms with E-state index in [1.807, 2.05) is 35.2 Å². The molecule has 1 aliphatic carbocycles. The van der Waals surface area contributed by atoms with Gasteiger partial charge in [0.05, 0.1) is 0 Å². The van der Waals surface area contributed by atoms with E-state index in [0.717, 1.165) is 56.0 Å². The molecule has 1 saturated carbocycles. The highest BCUT2D eigenvalue weighted by Crippen LogP contribution is 2.34.